The van der Waals surface area contributed by atoms with E-state index in [4.69, 9.17) is 0 Å². The average molecular weight is 472 g/mol. The van der Waals surface area contributed by atoms with E-state index in [2.05, 4.69) is 121 Å². The Kier molecular flexibility index (Phi) is 9.52. The maximum absolute atomic E-state index is 2.77. The summed E-state index contributed by atoms with van der Waals surface area (Å²) in [4.78, 5) is 0. The number of hydrogen-bond acceptors (Lipinski definition) is 1. The third kappa shape index (κ3) is 4.35. The van der Waals surface area contributed by atoms with Gasteiger partial charge in [0.15, 0.2) is 0 Å². The molecule has 0 bridgehead atoms. The Morgan fingerprint density at radius 2 is 0.536 bits per heavy atom. The molecule has 0 saturated carbocycles. The van der Waals surface area contributed by atoms with Gasteiger partial charge in [0.2, 0.25) is 0 Å². The van der Waals surface area contributed by atoms with Crippen LogP contribution in [-0.2, 0) is 0 Å². The van der Waals surface area contributed by atoms with Crippen LogP contribution in [-0.4, -0.2) is 13.6 Å². The number of hydrogen-bond donors (Lipinski definition) is 1. The van der Waals surface area contributed by atoms with Crippen molar-refractivity contribution in [3.05, 3.63) is 121 Å². The Morgan fingerprint density at radius 1 is 0.357 bits per heavy atom. The van der Waals surface area contributed by atoms with Crippen LogP contribution in [0.4, 0.5) is 0 Å². The summed E-state index contributed by atoms with van der Waals surface area (Å²) in [6.45, 7) is 0. The van der Waals surface area contributed by atoms with E-state index in [1.807, 2.05) is 0 Å². The molecule has 0 heterocycles. The molecule has 1 nitrogen and oxygen atoms in total. The molecule has 0 atom stereocenters. The van der Waals surface area contributed by atoms with Crippen molar-refractivity contribution in [1.29, 1.82) is 0 Å². The van der Waals surface area contributed by atoms with Crippen molar-refractivity contribution in [1.82, 2.24) is 6.15 Å². The Balaban J connectivity index is 0.00000131. The van der Waals surface area contributed by atoms with Crippen LogP contribution in [0.25, 0.3) is 0 Å². The Hall–Kier alpha value is -2.02. The van der Waals surface area contributed by atoms with E-state index in [1.165, 1.54) is 17.4 Å². The second kappa shape index (κ2) is 11.1. The molecule has 0 aromatic heterocycles. The Bertz CT molecular complexity index is 770. The zero-order valence-corrected chi connectivity index (χ0v) is 18.9. The van der Waals surface area contributed by atoms with E-state index in [9.17, 15) is 0 Å². The van der Waals surface area contributed by atoms with Crippen LogP contribution in [0.2, 0.25) is 0 Å². The number of rotatable bonds is 4. The molecule has 144 valence electrons. The molecule has 28 heavy (non-hydrogen) atoms. The molecule has 0 aliphatic heterocycles. The molecule has 0 spiro atoms. The van der Waals surface area contributed by atoms with Gasteiger partial charge in [0.1, 0.15) is 0 Å². The third-order valence-corrected chi connectivity index (χ3v) is 13.6. The van der Waals surface area contributed by atoms with Gasteiger partial charge < -0.3 is 18.6 Å². The monoisotopic (exact) mass is 471 g/mol. The maximum atomic E-state index is 2.31. The van der Waals surface area contributed by atoms with Gasteiger partial charge in [0, 0.05) is 0 Å². The topological polar surface area (TPSA) is 35.0 Å². The van der Waals surface area contributed by atoms with Gasteiger partial charge in [-0.05, 0) is 0 Å². The van der Waals surface area contributed by atoms with E-state index in [-0.39, 0.29) is 31.0 Å². The molecule has 4 aromatic rings. The average Bonchev–Trinajstić information content (AvgIpc) is 2.72. The third-order valence-electron chi connectivity index (χ3n) is 4.57. The van der Waals surface area contributed by atoms with Gasteiger partial charge in [-0.2, -0.15) is 0 Å². The molecule has 0 radical (unpaired) electrons. The minimum atomic E-state index is -2.77. The van der Waals surface area contributed by atoms with Gasteiger partial charge in [0.25, 0.3) is 0 Å². The van der Waals surface area contributed by atoms with Crippen molar-refractivity contribution >= 4 is 43.4 Å². The standard InChI is InChI=1S/C24H20As.2ClH.H3N/c1-5-13-21(14-6-1)25(22-15-7-2-8-16-22,23-17-9-3-10-18-23)24-19-11-4-12-20-24;;;/h1-20H;2*1H;1H3/q+1;;;/p-1. The van der Waals surface area contributed by atoms with Gasteiger partial charge in [-0.25, -0.2) is 0 Å². The van der Waals surface area contributed by atoms with E-state index in [0.717, 1.165) is 0 Å². The molecule has 0 saturated heterocycles. The van der Waals surface area contributed by atoms with Crippen LogP contribution < -0.4 is 36.0 Å². The minimum absolute atomic E-state index is 0. The first-order valence-electron chi connectivity index (χ1n) is 8.54. The second-order valence-electron chi connectivity index (χ2n) is 6.01. The van der Waals surface area contributed by atoms with Crippen molar-refractivity contribution < 1.29 is 12.4 Å². The zero-order chi connectivity index (χ0) is 17.0. The summed E-state index contributed by atoms with van der Waals surface area (Å²) in [7, 11) is 0. The summed E-state index contributed by atoms with van der Waals surface area (Å²) in [5.41, 5.74) is 0. The fourth-order valence-corrected chi connectivity index (χ4v) is 12.5. The first kappa shape index (κ1) is 24.0. The molecule has 3 N–H and O–H groups in total. The zero-order valence-electron chi connectivity index (χ0n) is 15.5. The van der Waals surface area contributed by atoms with Gasteiger partial charge in [-0.1, -0.05) is 0 Å². The summed E-state index contributed by atoms with van der Waals surface area (Å²) < 4.78 is 5.79. The quantitative estimate of drug-likeness (QED) is 0.436. The molecule has 4 rings (SSSR count). The normalized spacial score (nSPS) is 10.0. The summed E-state index contributed by atoms with van der Waals surface area (Å²) >= 11 is -2.77. The molecule has 0 fully saturated rings. The molecule has 0 unspecified atom stereocenters. The van der Waals surface area contributed by atoms with Crippen LogP contribution in [0.5, 0.6) is 0 Å². The van der Waals surface area contributed by atoms with E-state index < -0.39 is 13.6 Å². The summed E-state index contributed by atoms with van der Waals surface area (Å²) in [6, 6.07) is 44.2. The molecule has 0 aliphatic rings. The van der Waals surface area contributed by atoms with Crippen molar-refractivity contribution in [3.8, 4) is 0 Å². The molecule has 0 aliphatic carbocycles. The van der Waals surface area contributed by atoms with E-state index >= 15 is 0 Å². The fourth-order valence-electron chi connectivity index (χ4n) is 3.50. The molecule has 4 aromatic carbocycles. The van der Waals surface area contributed by atoms with Crippen LogP contribution in [0, 0.1) is 0 Å². The van der Waals surface area contributed by atoms with Crippen LogP contribution in [0.1, 0.15) is 0 Å². The molecule has 4 heteroatoms. The molecular formula is C24H24AsCl2N. The van der Waals surface area contributed by atoms with E-state index in [1.54, 1.807) is 0 Å². The van der Waals surface area contributed by atoms with Crippen molar-refractivity contribution in [2.75, 3.05) is 0 Å². The predicted octanol–water partition coefficient (Wildman–Crippen LogP) is 0.652. The van der Waals surface area contributed by atoms with Gasteiger partial charge in [0.05, 0.1) is 0 Å². The first-order chi connectivity index (χ1) is 12.4. The first-order valence-corrected chi connectivity index (χ1v) is 12.3. The summed E-state index contributed by atoms with van der Waals surface area (Å²) in [5.74, 6) is 0. The fraction of sp³-hybridized carbons (Fsp3) is 0. The molecule has 0 amide bonds. The Labute approximate surface area is 182 Å². The number of benzene rings is 4. The van der Waals surface area contributed by atoms with Crippen LogP contribution in [0.15, 0.2) is 121 Å². The van der Waals surface area contributed by atoms with Gasteiger partial charge >= 0.3 is 152 Å². The van der Waals surface area contributed by atoms with Gasteiger partial charge in [-0.15, -0.1) is 12.4 Å². The number of halogens is 2. The predicted molar refractivity (Wildman–Crippen MR) is 122 cm³/mol. The summed E-state index contributed by atoms with van der Waals surface area (Å²) in [6.07, 6.45) is 0. The van der Waals surface area contributed by atoms with Crippen LogP contribution >= 0.6 is 12.4 Å². The summed E-state index contributed by atoms with van der Waals surface area (Å²) in [5, 5.41) is 0. The van der Waals surface area contributed by atoms with Crippen molar-refractivity contribution in [3.63, 3.8) is 0 Å². The van der Waals surface area contributed by atoms with Crippen LogP contribution in [0.3, 0.4) is 0 Å². The van der Waals surface area contributed by atoms with Crippen molar-refractivity contribution in [2.45, 2.75) is 0 Å². The second-order valence-corrected chi connectivity index (χ2v) is 13.2. The molecular weight excluding hydrogens is 448 g/mol. The van der Waals surface area contributed by atoms with Crippen molar-refractivity contribution in [2.24, 2.45) is 0 Å². The Morgan fingerprint density at radius 3 is 0.714 bits per heavy atom. The SMILES string of the molecule is Cl.N.[Cl-].c1ccc([As+](c2ccccc2)(c2ccccc2)c2ccccc2)cc1. The van der Waals surface area contributed by atoms with E-state index in [0.29, 0.717) is 0 Å². The van der Waals surface area contributed by atoms with Gasteiger partial charge in [-0.3, -0.25) is 0 Å².